The van der Waals surface area contributed by atoms with Gasteiger partial charge in [0, 0.05) is 44.3 Å². The van der Waals surface area contributed by atoms with Gasteiger partial charge in [0.15, 0.2) is 11.2 Å². The molecule has 0 aliphatic rings. The Balaban J connectivity index is 1.07. The van der Waals surface area contributed by atoms with Crippen LogP contribution in [0.25, 0.3) is 65.4 Å². The first-order chi connectivity index (χ1) is 30.0. The van der Waals surface area contributed by atoms with Gasteiger partial charge in [0.05, 0.1) is 11.4 Å². The zero-order valence-corrected chi connectivity index (χ0v) is 36.6. The second kappa shape index (κ2) is 14.1. The molecule has 0 saturated heterocycles. The number of para-hydroxylation sites is 2. The van der Waals surface area contributed by atoms with E-state index in [1.807, 2.05) is 0 Å². The molecule has 0 saturated carbocycles. The lowest BCUT2D eigenvalue weighted by Gasteiger charge is -2.29. The van der Waals surface area contributed by atoms with Crippen molar-refractivity contribution in [1.82, 2.24) is 0 Å². The van der Waals surface area contributed by atoms with E-state index in [4.69, 9.17) is 8.83 Å². The molecule has 0 spiro atoms. The molecule has 11 aromatic rings. The van der Waals surface area contributed by atoms with E-state index in [9.17, 15) is 0 Å². The Hall–Kier alpha value is -7.30. The first-order valence-corrected chi connectivity index (χ1v) is 21.6. The summed E-state index contributed by atoms with van der Waals surface area (Å²) < 4.78 is 13.8. The minimum atomic E-state index is 0.798. The number of anilines is 6. The minimum Gasteiger partial charge on any atom is -0.452 e. The van der Waals surface area contributed by atoms with Gasteiger partial charge in [-0.3, -0.25) is 0 Å². The Morgan fingerprint density at radius 3 is 1.06 bits per heavy atom. The number of furan rings is 2. The van der Waals surface area contributed by atoms with Crippen LogP contribution in [0, 0.1) is 55.4 Å². The van der Waals surface area contributed by atoms with Gasteiger partial charge in [-0.25, -0.2) is 0 Å². The van der Waals surface area contributed by atoms with E-state index in [0.29, 0.717) is 0 Å². The zero-order chi connectivity index (χ0) is 42.6. The average molecular weight is 805 g/mol. The maximum Gasteiger partial charge on any atom is 0.178 e. The number of fused-ring (bicyclic) bond motifs is 9. The third-order valence-corrected chi connectivity index (χ3v) is 13.2. The number of hydrogen-bond donors (Lipinski definition) is 0. The van der Waals surface area contributed by atoms with Crippen LogP contribution in [-0.4, -0.2) is 0 Å². The van der Waals surface area contributed by atoms with Crippen LogP contribution >= 0.6 is 0 Å². The van der Waals surface area contributed by atoms with Crippen LogP contribution in [-0.2, 0) is 0 Å². The predicted octanol–water partition coefficient (Wildman–Crippen LogP) is 17.2. The van der Waals surface area contributed by atoms with Crippen LogP contribution in [0.1, 0.15) is 44.5 Å². The van der Waals surface area contributed by atoms with Gasteiger partial charge in [0.25, 0.3) is 0 Å². The van der Waals surface area contributed by atoms with E-state index in [-0.39, 0.29) is 0 Å². The summed E-state index contributed by atoms with van der Waals surface area (Å²) in [5.41, 5.74) is 20.0. The van der Waals surface area contributed by atoms with Crippen LogP contribution in [0.3, 0.4) is 0 Å². The Bertz CT molecular complexity index is 3330. The standard InChI is InChI=1S/C58H48N2O2/c1-33-15-21-45(22-16-33)59(55-35(3)11-9-12-36(55)4)47-25-19-41-29-49-51(31-43(41)27-47)61-57-53(49)39(7)40(8)54-50-30-42-20-26-48(28-44(42)32-52(50)62-58(54)57)60(46-23-17-34(2)18-24-46)56-37(5)13-10-14-38(56)6/h9-32H,1-8H3. The van der Waals surface area contributed by atoms with Crippen molar-refractivity contribution in [3.63, 3.8) is 0 Å². The molecule has 0 N–H and O–H groups in total. The molecule has 302 valence electrons. The number of hydrogen-bond acceptors (Lipinski definition) is 4. The largest absolute Gasteiger partial charge is 0.452 e. The molecule has 4 nitrogen and oxygen atoms in total. The van der Waals surface area contributed by atoms with E-state index in [1.165, 1.54) is 66.7 Å². The second-order valence-corrected chi connectivity index (χ2v) is 17.4. The lowest BCUT2D eigenvalue weighted by molar-refractivity contribution is 0.633. The van der Waals surface area contributed by atoms with Crippen LogP contribution in [0.4, 0.5) is 34.1 Å². The molecule has 0 fully saturated rings. The Kier molecular flexibility index (Phi) is 8.59. The lowest BCUT2D eigenvalue weighted by atomic mass is 9.96. The highest BCUT2D eigenvalue weighted by Gasteiger charge is 2.24. The summed E-state index contributed by atoms with van der Waals surface area (Å²) in [6.45, 7) is 17.5. The third kappa shape index (κ3) is 5.89. The zero-order valence-electron chi connectivity index (χ0n) is 36.6. The van der Waals surface area contributed by atoms with Crippen molar-refractivity contribution in [2.24, 2.45) is 0 Å². The van der Waals surface area contributed by atoms with Gasteiger partial charge in [-0.2, -0.15) is 0 Å². The molecule has 0 amide bonds. The molecular weight excluding hydrogens is 757 g/mol. The molecule has 9 aromatic carbocycles. The summed E-state index contributed by atoms with van der Waals surface area (Å²) >= 11 is 0. The smallest absolute Gasteiger partial charge is 0.178 e. The average Bonchev–Trinajstić information content (AvgIpc) is 3.82. The van der Waals surface area contributed by atoms with Gasteiger partial charge in [-0.1, -0.05) is 83.9 Å². The molecular formula is C58H48N2O2. The maximum absolute atomic E-state index is 6.92. The number of aryl methyl sites for hydroxylation is 8. The fraction of sp³-hybridized carbons (Fsp3) is 0.138. The highest BCUT2D eigenvalue weighted by Crippen LogP contribution is 2.47. The lowest BCUT2D eigenvalue weighted by Crippen LogP contribution is -2.12. The van der Waals surface area contributed by atoms with E-state index < -0.39 is 0 Å². The van der Waals surface area contributed by atoms with Crippen LogP contribution < -0.4 is 9.80 Å². The number of nitrogens with zero attached hydrogens (tertiary/aromatic N) is 2. The van der Waals surface area contributed by atoms with Crippen molar-refractivity contribution in [2.45, 2.75) is 55.4 Å². The molecule has 0 unspecified atom stereocenters. The van der Waals surface area contributed by atoms with Gasteiger partial charge in [-0.05, 0) is 183 Å². The maximum atomic E-state index is 6.92. The Morgan fingerprint density at radius 2 is 0.694 bits per heavy atom. The Labute approximate surface area is 362 Å². The predicted molar refractivity (Wildman–Crippen MR) is 263 cm³/mol. The summed E-state index contributed by atoms with van der Waals surface area (Å²) in [5, 5.41) is 9.00. The summed E-state index contributed by atoms with van der Waals surface area (Å²) in [7, 11) is 0. The van der Waals surface area contributed by atoms with E-state index in [1.54, 1.807) is 0 Å². The summed E-state index contributed by atoms with van der Waals surface area (Å²) in [6, 6.07) is 53.2. The highest BCUT2D eigenvalue weighted by molar-refractivity contribution is 6.24. The number of rotatable bonds is 6. The van der Waals surface area contributed by atoms with Crippen LogP contribution in [0.5, 0.6) is 0 Å². The van der Waals surface area contributed by atoms with Gasteiger partial charge in [0.1, 0.15) is 11.2 Å². The quantitative estimate of drug-likeness (QED) is 0.168. The monoisotopic (exact) mass is 804 g/mol. The van der Waals surface area contributed by atoms with Gasteiger partial charge in [-0.15, -0.1) is 0 Å². The highest BCUT2D eigenvalue weighted by atomic mass is 16.4. The van der Waals surface area contributed by atoms with Crippen molar-refractivity contribution < 1.29 is 8.83 Å². The van der Waals surface area contributed by atoms with Crippen molar-refractivity contribution in [1.29, 1.82) is 0 Å². The molecule has 0 atom stereocenters. The fourth-order valence-electron chi connectivity index (χ4n) is 9.89. The van der Waals surface area contributed by atoms with E-state index in [0.717, 1.165) is 77.4 Å². The first-order valence-electron chi connectivity index (χ1n) is 21.6. The summed E-state index contributed by atoms with van der Waals surface area (Å²) in [5.74, 6) is 0. The molecule has 0 aliphatic carbocycles. The molecule has 2 aromatic heterocycles. The van der Waals surface area contributed by atoms with E-state index >= 15 is 0 Å². The molecule has 62 heavy (non-hydrogen) atoms. The van der Waals surface area contributed by atoms with Crippen molar-refractivity contribution in [2.75, 3.05) is 9.80 Å². The molecule has 0 bridgehead atoms. The van der Waals surface area contributed by atoms with Crippen molar-refractivity contribution >= 4 is 99.5 Å². The molecule has 0 radical (unpaired) electrons. The fourth-order valence-corrected chi connectivity index (χ4v) is 9.89. The summed E-state index contributed by atoms with van der Waals surface area (Å²) in [4.78, 5) is 4.77. The van der Waals surface area contributed by atoms with Crippen LogP contribution in [0.2, 0.25) is 0 Å². The first kappa shape index (κ1) is 37.7. The second-order valence-electron chi connectivity index (χ2n) is 17.4. The minimum absolute atomic E-state index is 0.798. The molecule has 11 rings (SSSR count). The summed E-state index contributed by atoms with van der Waals surface area (Å²) in [6.07, 6.45) is 0. The molecule has 0 aliphatic heterocycles. The van der Waals surface area contributed by atoms with E-state index in [2.05, 4.69) is 211 Å². The third-order valence-electron chi connectivity index (χ3n) is 13.2. The molecule has 2 heterocycles. The van der Waals surface area contributed by atoms with Crippen LogP contribution in [0.15, 0.2) is 154 Å². The Morgan fingerprint density at radius 1 is 0.339 bits per heavy atom. The van der Waals surface area contributed by atoms with Crippen molar-refractivity contribution in [3.05, 3.63) is 190 Å². The van der Waals surface area contributed by atoms with Crippen molar-refractivity contribution in [3.8, 4) is 0 Å². The normalized spacial score (nSPS) is 11.9. The molecule has 4 heteroatoms. The SMILES string of the molecule is Cc1ccc(N(c2ccc3cc4c(cc3c2)oc2c3oc5cc6cc(N(c7ccc(C)cc7)c7c(C)cccc7C)ccc6cc5c3c(C)c(C)c42)c2c(C)cccc2C)cc1. The van der Waals surface area contributed by atoms with Gasteiger partial charge in [0.2, 0.25) is 0 Å². The topological polar surface area (TPSA) is 32.8 Å². The van der Waals surface area contributed by atoms with Gasteiger partial charge >= 0.3 is 0 Å². The number of benzene rings is 9. The van der Waals surface area contributed by atoms with Gasteiger partial charge < -0.3 is 18.6 Å².